The molecule has 186 valence electrons. The molecule has 7 nitrogen and oxygen atoms in total. The molecule has 0 amide bonds. The Kier molecular flexibility index (Phi) is 6.93. The van der Waals surface area contributed by atoms with Crippen LogP contribution in [0.4, 0.5) is 18.9 Å². The van der Waals surface area contributed by atoms with Crippen LogP contribution < -0.4 is 10.1 Å². The van der Waals surface area contributed by atoms with Crippen molar-refractivity contribution in [1.82, 2.24) is 10.1 Å². The zero-order valence-corrected chi connectivity index (χ0v) is 19.7. The molecule has 0 spiro atoms. The molecular formula is C24H23ClF3N3O4. The number of carboxylic acids is 1. The molecule has 1 aliphatic carbocycles. The summed E-state index contributed by atoms with van der Waals surface area (Å²) in [6.07, 6.45) is -3.54. The van der Waals surface area contributed by atoms with Crippen LogP contribution >= 0.6 is 11.6 Å². The van der Waals surface area contributed by atoms with Crippen molar-refractivity contribution >= 4 is 23.3 Å². The first-order valence-electron chi connectivity index (χ1n) is 11.0. The van der Waals surface area contributed by atoms with Crippen molar-refractivity contribution < 1.29 is 32.3 Å². The van der Waals surface area contributed by atoms with E-state index in [0.717, 1.165) is 6.07 Å². The summed E-state index contributed by atoms with van der Waals surface area (Å²) in [6, 6.07) is 8.26. The van der Waals surface area contributed by atoms with Gasteiger partial charge in [-0.1, -0.05) is 16.8 Å². The highest BCUT2D eigenvalue weighted by Crippen LogP contribution is 2.39. The molecule has 1 unspecified atom stereocenters. The largest absolute Gasteiger partial charge is 0.489 e. The minimum Gasteiger partial charge on any atom is -0.489 e. The van der Waals surface area contributed by atoms with E-state index in [1.165, 1.54) is 12.1 Å². The van der Waals surface area contributed by atoms with Gasteiger partial charge in [-0.2, -0.15) is 18.2 Å². The topological polar surface area (TPSA) is 97.5 Å². The zero-order chi connectivity index (χ0) is 25.3. The van der Waals surface area contributed by atoms with E-state index in [1.54, 1.807) is 18.2 Å². The first-order chi connectivity index (χ1) is 16.5. The molecule has 0 aliphatic heterocycles. The van der Waals surface area contributed by atoms with Crippen molar-refractivity contribution in [3.8, 4) is 28.6 Å². The Morgan fingerprint density at radius 3 is 2.57 bits per heavy atom. The van der Waals surface area contributed by atoms with Gasteiger partial charge >= 0.3 is 12.1 Å². The lowest BCUT2D eigenvalue weighted by molar-refractivity contribution is -0.141. The van der Waals surface area contributed by atoms with Crippen LogP contribution in [0.1, 0.15) is 38.7 Å². The minimum atomic E-state index is -4.65. The predicted octanol–water partition coefficient (Wildman–Crippen LogP) is 6.53. The SMILES string of the molecule is CC(C)Oc1ccc(-c2noc(-c3ccc(NC4CC[C@@H](C(=O)O)C4)c(C(F)(F)F)c3)n2)cc1Cl. The van der Waals surface area contributed by atoms with Crippen LogP contribution in [0, 0.1) is 5.92 Å². The van der Waals surface area contributed by atoms with Gasteiger partial charge in [-0.3, -0.25) is 4.79 Å². The molecular weight excluding hydrogens is 487 g/mol. The third kappa shape index (κ3) is 5.70. The summed E-state index contributed by atoms with van der Waals surface area (Å²) < 4.78 is 52.3. The monoisotopic (exact) mass is 509 g/mol. The fourth-order valence-corrected chi connectivity index (χ4v) is 4.27. The second kappa shape index (κ2) is 9.77. The molecule has 0 bridgehead atoms. The summed E-state index contributed by atoms with van der Waals surface area (Å²) in [5.74, 6) is -0.917. The van der Waals surface area contributed by atoms with Crippen molar-refractivity contribution in [2.45, 2.75) is 51.4 Å². The van der Waals surface area contributed by atoms with Gasteiger partial charge in [-0.25, -0.2) is 0 Å². The van der Waals surface area contributed by atoms with E-state index >= 15 is 0 Å². The number of rotatable bonds is 7. The molecule has 2 N–H and O–H groups in total. The number of nitrogens with zero attached hydrogens (tertiary/aromatic N) is 2. The third-order valence-electron chi connectivity index (χ3n) is 5.69. The van der Waals surface area contributed by atoms with Gasteiger partial charge in [-0.15, -0.1) is 0 Å². The van der Waals surface area contributed by atoms with Gasteiger partial charge in [0.2, 0.25) is 5.82 Å². The van der Waals surface area contributed by atoms with E-state index in [1.807, 2.05) is 13.8 Å². The maximum absolute atomic E-state index is 13.8. The lowest BCUT2D eigenvalue weighted by Gasteiger charge is -2.19. The van der Waals surface area contributed by atoms with Crippen molar-refractivity contribution in [1.29, 1.82) is 0 Å². The normalized spacial score (nSPS) is 18.1. The molecule has 1 fully saturated rings. The molecule has 3 aromatic rings. The number of alkyl halides is 3. The Morgan fingerprint density at radius 1 is 1.20 bits per heavy atom. The molecule has 1 saturated carbocycles. The van der Waals surface area contributed by atoms with Crippen molar-refractivity contribution in [2.24, 2.45) is 5.92 Å². The third-order valence-corrected chi connectivity index (χ3v) is 5.99. The Hall–Kier alpha value is -3.27. The Bertz CT molecular complexity index is 1230. The number of benzene rings is 2. The predicted molar refractivity (Wildman–Crippen MR) is 123 cm³/mol. The van der Waals surface area contributed by atoms with Gasteiger partial charge in [0.25, 0.3) is 5.89 Å². The summed E-state index contributed by atoms with van der Waals surface area (Å²) in [4.78, 5) is 15.4. The second-order valence-electron chi connectivity index (χ2n) is 8.68. The number of halogens is 4. The lowest BCUT2D eigenvalue weighted by atomic mass is 10.1. The number of aliphatic carboxylic acids is 1. The van der Waals surface area contributed by atoms with Gasteiger partial charge in [0, 0.05) is 22.9 Å². The van der Waals surface area contributed by atoms with Crippen LogP contribution in [0.5, 0.6) is 5.75 Å². The fourth-order valence-electron chi connectivity index (χ4n) is 4.04. The van der Waals surface area contributed by atoms with Crippen molar-refractivity contribution in [3.63, 3.8) is 0 Å². The number of ether oxygens (including phenoxy) is 1. The molecule has 1 aromatic heterocycles. The highest BCUT2D eigenvalue weighted by molar-refractivity contribution is 6.32. The summed E-state index contributed by atoms with van der Waals surface area (Å²) in [5.41, 5.74) is -0.400. The van der Waals surface area contributed by atoms with Crippen LogP contribution in [-0.2, 0) is 11.0 Å². The average molecular weight is 510 g/mol. The van der Waals surface area contributed by atoms with Crippen LogP contribution in [0.2, 0.25) is 5.02 Å². The highest BCUT2D eigenvalue weighted by atomic mass is 35.5. The zero-order valence-electron chi connectivity index (χ0n) is 18.9. The molecule has 0 saturated heterocycles. The minimum absolute atomic E-state index is 0.0670. The molecule has 2 aromatic carbocycles. The van der Waals surface area contributed by atoms with E-state index in [4.69, 9.17) is 26.0 Å². The quantitative estimate of drug-likeness (QED) is 0.373. The number of carbonyl (C=O) groups is 1. The maximum atomic E-state index is 13.8. The van der Waals surface area contributed by atoms with Gasteiger partial charge in [0.1, 0.15) is 5.75 Å². The van der Waals surface area contributed by atoms with E-state index < -0.39 is 23.6 Å². The van der Waals surface area contributed by atoms with Gasteiger partial charge in [0.15, 0.2) is 0 Å². The number of hydrogen-bond donors (Lipinski definition) is 2. The Morgan fingerprint density at radius 2 is 1.94 bits per heavy atom. The molecule has 4 rings (SSSR count). The number of hydrogen-bond acceptors (Lipinski definition) is 6. The van der Waals surface area contributed by atoms with Crippen LogP contribution in [-0.4, -0.2) is 33.4 Å². The maximum Gasteiger partial charge on any atom is 0.418 e. The van der Waals surface area contributed by atoms with Crippen molar-refractivity contribution in [3.05, 3.63) is 47.0 Å². The van der Waals surface area contributed by atoms with Gasteiger partial charge in [0.05, 0.1) is 22.6 Å². The van der Waals surface area contributed by atoms with Crippen LogP contribution in [0.25, 0.3) is 22.8 Å². The highest BCUT2D eigenvalue weighted by Gasteiger charge is 2.36. The van der Waals surface area contributed by atoms with E-state index in [2.05, 4.69) is 15.5 Å². The Labute approximate surface area is 204 Å². The standard InChI is InChI=1S/C24H23ClF3N3O4/c1-12(2)34-20-8-5-13(11-18(20)25)21-30-22(35-31-21)14-4-7-19(17(10-14)24(26,27)28)29-16-6-3-15(9-16)23(32)33/h4-5,7-8,10-12,15-16,29H,3,6,9H2,1-2H3,(H,32,33)/t15-,16?/m1/s1. The second-order valence-corrected chi connectivity index (χ2v) is 9.09. The summed E-state index contributed by atoms with van der Waals surface area (Å²) in [5, 5.41) is 16.2. The smallest absolute Gasteiger partial charge is 0.418 e. The van der Waals surface area contributed by atoms with Gasteiger partial charge in [-0.05, 0) is 69.5 Å². The van der Waals surface area contributed by atoms with Crippen LogP contribution in [0.15, 0.2) is 40.9 Å². The first kappa shape index (κ1) is 24.8. The summed E-state index contributed by atoms with van der Waals surface area (Å²) in [6.45, 7) is 3.73. The Balaban J connectivity index is 1.58. The van der Waals surface area contributed by atoms with Crippen molar-refractivity contribution in [2.75, 3.05) is 5.32 Å². The molecule has 35 heavy (non-hydrogen) atoms. The van der Waals surface area contributed by atoms with E-state index in [0.29, 0.717) is 29.2 Å². The van der Waals surface area contributed by atoms with E-state index in [9.17, 15) is 18.0 Å². The average Bonchev–Trinajstić information content (AvgIpc) is 3.45. The van der Waals surface area contributed by atoms with Gasteiger partial charge < -0.3 is 19.7 Å². The number of aromatic nitrogens is 2. The number of carboxylic acid groups (broad SMARTS) is 1. The molecule has 1 aliphatic rings. The first-order valence-corrected chi connectivity index (χ1v) is 11.4. The molecule has 0 radical (unpaired) electrons. The number of nitrogens with one attached hydrogen (secondary N) is 1. The molecule has 1 heterocycles. The summed E-state index contributed by atoms with van der Waals surface area (Å²) >= 11 is 6.26. The lowest BCUT2D eigenvalue weighted by Crippen LogP contribution is -2.20. The molecule has 11 heteroatoms. The van der Waals surface area contributed by atoms with Crippen LogP contribution in [0.3, 0.4) is 0 Å². The fraction of sp³-hybridized carbons (Fsp3) is 0.375. The van der Waals surface area contributed by atoms with E-state index in [-0.39, 0.29) is 41.5 Å². The number of anilines is 1. The summed E-state index contributed by atoms with van der Waals surface area (Å²) in [7, 11) is 0. The molecule has 2 atom stereocenters.